The lowest BCUT2D eigenvalue weighted by Gasteiger charge is -2.19. The van der Waals surface area contributed by atoms with Gasteiger partial charge in [0.05, 0.1) is 6.10 Å². The molecule has 1 unspecified atom stereocenters. The van der Waals surface area contributed by atoms with Crippen molar-refractivity contribution in [3.05, 3.63) is 23.9 Å². The SMILES string of the molecule is CCNCc1ccc(N(C)CCC(C)O)nc1. The smallest absolute Gasteiger partial charge is 0.128 e. The molecular formula is C13H23N3O. The molecule has 1 aromatic rings. The van der Waals surface area contributed by atoms with Crippen molar-refractivity contribution in [1.82, 2.24) is 10.3 Å². The maximum atomic E-state index is 9.23. The van der Waals surface area contributed by atoms with Crippen LogP contribution in [0.25, 0.3) is 0 Å². The van der Waals surface area contributed by atoms with Crippen LogP contribution < -0.4 is 10.2 Å². The quantitative estimate of drug-likeness (QED) is 0.752. The second-order valence-corrected chi connectivity index (χ2v) is 4.36. The molecule has 4 heteroatoms. The zero-order chi connectivity index (χ0) is 12.7. The summed E-state index contributed by atoms with van der Waals surface area (Å²) < 4.78 is 0. The normalized spacial score (nSPS) is 12.5. The maximum Gasteiger partial charge on any atom is 0.128 e. The second-order valence-electron chi connectivity index (χ2n) is 4.36. The monoisotopic (exact) mass is 237 g/mol. The highest BCUT2D eigenvalue weighted by atomic mass is 16.3. The highest BCUT2D eigenvalue weighted by molar-refractivity contribution is 5.38. The van der Waals surface area contributed by atoms with Crippen molar-refractivity contribution in [2.75, 3.05) is 25.0 Å². The lowest BCUT2D eigenvalue weighted by molar-refractivity contribution is 0.187. The predicted molar refractivity (Wildman–Crippen MR) is 71.2 cm³/mol. The Morgan fingerprint density at radius 3 is 2.76 bits per heavy atom. The Morgan fingerprint density at radius 1 is 1.47 bits per heavy atom. The molecule has 0 spiro atoms. The fourth-order valence-electron chi connectivity index (χ4n) is 1.51. The molecule has 0 fully saturated rings. The summed E-state index contributed by atoms with van der Waals surface area (Å²) in [6.07, 6.45) is 2.40. The van der Waals surface area contributed by atoms with Gasteiger partial charge in [-0.2, -0.15) is 0 Å². The number of aliphatic hydroxyl groups is 1. The molecule has 1 atom stereocenters. The summed E-state index contributed by atoms with van der Waals surface area (Å²) in [5, 5.41) is 12.5. The zero-order valence-electron chi connectivity index (χ0n) is 11.0. The Morgan fingerprint density at radius 2 is 2.24 bits per heavy atom. The Hall–Kier alpha value is -1.13. The van der Waals surface area contributed by atoms with Gasteiger partial charge >= 0.3 is 0 Å². The summed E-state index contributed by atoms with van der Waals surface area (Å²) in [5.41, 5.74) is 1.19. The first-order chi connectivity index (χ1) is 8.13. The third kappa shape index (κ3) is 5.15. The van der Waals surface area contributed by atoms with E-state index in [9.17, 15) is 5.11 Å². The predicted octanol–water partition coefficient (Wildman–Crippen LogP) is 1.40. The van der Waals surface area contributed by atoms with Gasteiger partial charge in [-0.1, -0.05) is 13.0 Å². The first-order valence-corrected chi connectivity index (χ1v) is 6.18. The summed E-state index contributed by atoms with van der Waals surface area (Å²) in [6.45, 7) is 6.54. The van der Waals surface area contributed by atoms with Crippen LogP contribution >= 0.6 is 0 Å². The van der Waals surface area contributed by atoms with Crippen LogP contribution in [-0.2, 0) is 6.54 Å². The van der Waals surface area contributed by atoms with Gasteiger partial charge in [0.25, 0.3) is 0 Å². The van der Waals surface area contributed by atoms with Gasteiger partial charge in [0.2, 0.25) is 0 Å². The summed E-state index contributed by atoms with van der Waals surface area (Å²) in [7, 11) is 1.99. The Balaban J connectivity index is 2.48. The van der Waals surface area contributed by atoms with Gasteiger partial charge in [-0.05, 0) is 31.5 Å². The lowest BCUT2D eigenvalue weighted by atomic mass is 10.2. The van der Waals surface area contributed by atoms with Crippen LogP contribution in [0.1, 0.15) is 25.8 Å². The van der Waals surface area contributed by atoms with Crippen LogP contribution in [0.5, 0.6) is 0 Å². The van der Waals surface area contributed by atoms with Gasteiger partial charge in [-0.25, -0.2) is 4.98 Å². The van der Waals surface area contributed by atoms with Crippen molar-refractivity contribution < 1.29 is 5.11 Å². The molecule has 1 heterocycles. The Labute approximate surface area is 104 Å². The van der Waals surface area contributed by atoms with Crippen LogP contribution in [0, 0.1) is 0 Å². The van der Waals surface area contributed by atoms with Gasteiger partial charge in [-0.3, -0.25) is 0 Å². The number of nitrogens with zero attached hydrogens (tertiary/aromatic N) is 2. The molecule has 0 aliphatic heterocycles. The van der Waals surface area contributed by atoms with Crippen molar-refractivity contribution in [1.29, 1.82) is 0 Å². The van der Waals surface area contributed by atoms with Gasteiger partial charge in [0.1, 0.15) is 5.82 Å². The van der Waals surface area contributed by atoms with E-state index in [4.69, 9.17) is 0 Å². The van der Waals surface area contributed by atoms with Crippen molar-refractivity contribution in [3.8, 4) is 0 Å². The minimum Gasteiger partial charge on any atom is -0.393 e. The van der Waals surface area contributed by atoms with Crippen molar-refractivity contribution in [2.45, 2.75) is 32.9 Å². The summed E-state index contributed by atoms with van der Waals surface area (Å²) >= 11 is 0. The van der Waals surface area contributed by atoms with E-state index in [-0.39, 0.29) is 6.10 Å². The molecule has 2 N–H and O–H groups in total. The summed E-state index contributed by atoms with van der Waals surface area (Å²) in [4.78, 5) is 6.47. The largest absolute Gasteiger partial charge is 0.393 e. The van der Waals surface area contributed by atoms with Crippen molar-refractivity contribution in [3.63, 3.8) is 0 Å². The number of hydrogen-bond acceptors (Lipinski definition) is 4. The molecule has 0 amide bonds. The van der Waals surface area contributed by atoms with Crippen LogP contribution in [0.4, 0.5) is 5.82 Å². The summed E-state index contributed by atoms with van der Waals surface area (Å²) in [6, 6.07) is 4.11. The molecule has 0 aromatic carbocycles. The number of anilines is 1. The number of aromatic nitrogens is 1. The molecule has 0 saturated carbocycles. The summed E-state index contributed by atoms with van der Waals surface area (Å²) in [5.74, 6) is 0.950. The maximum absolute atomic E-state index is 9.23. The third-order valence-electron chi connectivity index (χ3n) is 2.66. The van der Waals surface area contributed by atoms with Crippen molar-refractivity contribution in [2.24, 2.45) is 0 Å². The van der Waals surface area contributed by atoms with E-state index in [1.165, 1.54) is 5.56 Å². The number of rotatable bonds is 7. The van der Waals surface area contributed by atoms with Crippen LogP contribution in [0.2, 0.25) is 0 Å². The average molecular weight is 237 g/mol. The van der Waals surface area contributed by atoms with Crippen LogP contribution in [0.15, 0.2) is 18.3 Å². The molecule has 0 aliphatic carbocycles. The molecule has 1 aromatic heterocycles. The highest BCUT2D eigenvalue weighted by Gasteiger charge is 2.04. The highest BCUT2D eigenvalue weighted by Crippen LogP contribution is 2.10. The first kappa shape index (κ1) is 13.9. The van der Waals surface area contributed by atoms with Crippen LogP contribution in [0.3, 0.4) is 0 Å². The molecule has 0 aliphatic rings. The van der Waals surface area contributed by atoms with E-state index in [2.05, 4.69) is 28.2 Å². The van der Waals surface area contributed by atoms with E-state index >= 15 is 0 Å². The molecule has 0 bridgehead atoms. The van der Waals surface area contributed by atoms with Gasteiger partial charge in [-0.15, -0.1) is 0 Å². The molecule has 0 radical (unpaired) electrons. The minimum atomic E-state index is -0.259. The molecule has 1 rings (SSSR count). The molecular weight excluding hydrogens is 214 g/mol. The second kappa shape index (κ2) is 7.25. The van der Waals surface area contributed by atoms with E-state index < -0.39 is 0 Å². The Kier molecular flexibility index (Phi) is 5.94. The van der Waals surface area contributed by atoms with E-state index in [1.807, 2.05) is 19.3 Å². The van der Waals surface area contributed by atoms with E-state index in [1.54, 1.807) is 6.92 Å². The Bertz CT molecular complexity index is 311. The average Bonchev–Trinajstić information content (AvgIpc) is 2.34. The van der Waals surface area contributed by atoms with Gasteiger partial charge in [0.15, 0.2) is 0 Å². The minimum absolute atomic E-state index is 0.259. The van der Waals surface area contributed by atoms with E-state index in [0.717, 1.165) is 31.9 Å². The fraction of sp³-hybridized carbons (Fsp3) is 0.615. The molecule has 96 valence electrons. The molecule has 0 saturated heterocycles. The third-order valence-corrected chi connectivity index (χ3v) is 2.66. The van der Waals surface area contributed by atoms with Gasteiger partial charge in [0, 0.05) is 26.3 Å². The molecule has 4 nitrogen and oxygen atoms in total. The first-order valence-electron chi connectivity index (χ1n) is 6.18. The lowest BCUT2D eigenvalue weighted by Crippen LogP contribution is -2.22. The van der Waals surface area contributed by atoms with Gasteiger partial charge < -0.3 is 15.3 Å². The number of pyridine rings is 1. The van der Waals surface area contributed by atoms with Crippen molar-refractivity contribution >= 4 is 5.82 Å². The number of aliphatic hydroxyl groups excluding tert-OH is 1. The van der Waals surface area contributed by atoms with E-state index in [0.29, 0.717) is 0 Å². The standard InChI is InChI=1S/C13H23N3O/c1-4-14-9-12-5-6-13(15-10-12)16(3)8-7-11(2)17/h5-6,10-11,14,17H,4,7-9H2,1-3H3. The number of hydrogen-bond donors (Lipinski definition) is 2. The topological polar surface area (TPSA) is 48.4 Å². The number of nitrogens with one attached hydrogen (secondary N) is 1. The van der Waals surface area contributed by atoms with Crippen LogP contribution in [-0.4, -0.2) is 36.3 Å². The zero-order valence-corrected chi connectivity index (χ0v) is 11.0. The molecule has 17 heavy (non-hydrogen) atoms. The fourth-order valence-corrected chi connectivity index (χ4v) is 1.51.